The van der Waals surface area contributed by atoms with Crippen molar-refractivity contribution < 1.29 is 4.79 Å². The Morgan fingerprint density at radius 3 is 2.68 bits per heavy atom. The number of aromatic nitrogens is 2. The molecule has 0 radical (unpaired) electrons. The highest BCUT2D eigenvalue weighted by Crippen LogP contribution is 2.20. The van der Waals surface area contributed by atoms with E-state index in [0.29, 0.717) is 5.56 Å². The van der Waals surface area contributed by atoms with Gasteiger partial charge in [-0.2, -0.15) is 0 Å². The number of benzene rings is 2. The van der Waals surface area contributed by atoms with E-state index < -0.39 is 0 Å². The Morgan fingerprint density at radius 2 is 1.95 bits per heavy atom. The molecule has 3 rings (SSSR count). The Bertz CT molecular complexity index is 734. The van der Waals surface area contributed by atoms with E-state index in [4.69, 9.17) is 5.84 Å². The first-order valence-electron chi connectivity index (χ1n) is 5.84. The number of carbonyl (C=O) groups is 1. The maximum Gasteiger partial charge on any atom is 0.265 e. The van der Waals surface area contributed by atoms with Gasteiger partial charge in [0.25, 0.3) is 5.91 Å². The molecule has 0 aliphatic heterocycles. The topological polar surface area (TPSA) is 83.8 Å². The minimum absolute atomic E-state index is 0.322. The van der Waals surface area contributed by atoms with E-state index in [0.717, 1.165) is 22.4 Å². The maximum atomic E-state index is 11.5. The highest BCUT2D eigenvalue weighted by molar-refractivity contribution is 5.97. The van der Waals surface area contributed by atoms with Gasteiger partial charge in [0.1, 0.15) is 5.82 Å². The molecule has 0 atom stereocenters. The molecular formula is C14H12N4O. The van der Waals surface area contributed by atoms with E-state index >= 15 is 0 Å². The lowest BCUT2D eigenvalue weighted by Crippen LogP contribution is -2.29. The first-order valence-corrected chi connectivity index (χ1v) is 5.84. The number of nitrogens with two attached hydrogens (primary N) is 1. The Kier molecular flexibility index (Phi) is 2.74. The zero-order chi connectivity index (χ0) is 13.2. The molecule has 19 heavy (non-hydrogen) atoms. The molecule has 5 nitrogen and oxygen atoms in total. The Balaban J connectivity index is 2.09. The molecule has 0 spiro atoms. The van der Waals surface area contributed by atoms with E-state index in [-0.39, 0.29) is 5.91 Å². The number of fused-ring (bicyclic) bond motifs is 1. The third kappa shape index (κ3) is 2.07. The summed E-state index contributed by atoms with van der Waals surface area (Å²) in [5.41, 5.74) is 5.23. The van der Waals surface area contributed by atoms with Crippen LogP contribution in [0.25, 0.3) is 22.4 Å². The summed E-state index contributed by atoms with van der Waals surface area (Å²) < 4.78 is 0. The number of hydrogen-bond donors (Lipinski definition) is 3. The molecule has 0 aliphatic carbocycles. The molecule has 94 valence electrons. The Hall–Kier alpha value is -2.66. The first-order chi connectivity index (χ1) is 9.28. The van der Waals surface area contributed by atoms with Crippen LogP contribution in [0.4, 0.5) is 0 Å². The summed E-state index contributed by atoms with van der Waals surface area (Å²) in [4.78, 5) is 19.2. The Morgan fingerprint density at radius 1 is 1.16 bits per heavy atom. The number of imidazole rings is 1. The number of nitrogens with one attached hydrogen (secondary N) is 2. The molecular weight excluding hydrogens is 240 g/mol. The van der Waals surface area contributed by atoms with Crippen molar-refractivity contribution in [3.8, 4) is 11.4 Å². The van der Waals surface area contributed by atoms with Crippen molar-refractivity contribution >= 4 is 16.9 Å². The lowest BCUT2D eigenvalue weighted by molar-refractivity contribution is 0.0954. The van der Waals surface area contributed by atoms with Gasteiger partial charge in [0.2, 0.25) is 0 Å². The number of aromatic amines is 1. The summed E-state index contributed by atoms with van der Waals surface area (Å²) >= 11 is 0. The molecule has 1 amide bonds. The van der Waals surface area contributed by atoms with Crippen LogP contribution >= 0.6 is 0 Å². The van der Waals surface area contributed by atoms with Gasteiger partial charge >= 0.3 is 0 Å². The number of nitrogen functional groups attached to an aromatic ring is 1. The van der Waals surface area contributed by atoms with Gasteiger partial charge in [-0.05, 0) is 18.2 Å². The molecule has 2 aromatic carbocycles. The van der Waals surface area contributed by atoms with Crippen LogP contribution < -0.4 is 11.3 Å². The zero-order valence-electron chi connectivity index (χ0n) is 10.1. The van der Waals surface area contributed by atoms with Gasteiger partial charge in [0.05, 0.1) is 11.0 Å². The van der Waals surface area contributed by atoms with Crippen LogP contribution in [0.3, 0.4) is 0 Å². The average molecular weight is 252 g/mol. The van der Waals surface area contributed by atoms with Crippen LogP contribution in [0, 0.1) is 0 Å². The van der Waals surface area contributed by atoms with E-state index in [9.17, 15) is 4.79 Å². The third-order valence-electron chi connectivity index (χ3n) is 2.92. The molecule has 3 aromatic rings. The predicted octanol–water partition coefficient (Wildman–Crippen LogP) is 1.83. The number of nitrogens with zero attached hydrogens (tertiary/aromatic N) is 1. The third-order valence-corrected chi connectivity index (χ3v) is 2.92. The second-order valence-electron chi connectivity index (χ2n) is 4.16. The fourth-order valence-corrected chi connectivity index (χ4v) is 1.97. The van der Waals surface area contributed by atoms with Gasteiger partial charge in [0, 0.05) is 11.1 Å². The number of H-pyrrole nitrogens is 1. The minimum atomic E-state index is -0.322. The predicted molar refractivity (Wildman–Crippen MR) is 73.2 cm³/mol. The molecule has 1 heterocycles. The zero-order valence-corrected chi connectivity index (χ0v) is 10.1. The van der Waals surface area contributed by atoms with Crippen LogP contribution in [0.1, 0.15) is 10.4 Å². The van der Waals surface area contributed by atoms with Crippen molar-refractivity contribution in [3.05, 3.63) is 54.1 Å². The van der Waals surface area contributed by atoms with E-state index in [1.165, 1.54) is 0 Å². The quantitative estimate of drug-likeness (QED) is 0.369. The van der Waals surface area contributed by atoms with Crippen molar-refractivity contribution in [2.45, 2.75) is 0 Å². The van der Waals surface area contributed by atoms with Gasteiger partial charge in [-0.3, -0.25) is 10.2 Å². The van der Waals surface area contributed by atoms with E-state index in [1.807, 2.05) is 30.3 Å². The van der Waals surface area contributed by atoms with Crippen molar-refractivity contribution in [1.29, 1.82) is 0 Å². The molecule has 5 heteroatoms. The number of carbonyl (C=O) groups excluding carboxylic acids is 1. The molecule has 0 aliphatic rings. The fourth-order valence-electron chi connectivity index (χ4n) is 1.97. The number of rotatable bonds is 2. The van der Waals surface area contributed by atoms with Crippen LogP contribution in [0.2, 0.25) is 0 Å². The van der Waals surface area contributed by atoms with Crippen molar-refractivity contribution in [1.82, 2.24) is 15.4 Å². The normalized spacial score (nSPS) is 10.6. The smallest absolute Gasteiger partial charge is 0.265 e. The van der Waals surface area contributed by atoms with E-state index in [2.05, 4.69) is 15.4 Å². The van der Waals surface area contributed by atoms with Gasteiger partial charge in [-0.15, -0.1) is 0 Å². The Labute approximate surface area is 109 Å². The second-order valence-corrected chi connectivity index (χ2v) is 4.16. The molecule has 0 saturated heterocycles. The van der Waals surface area contributed by atoms with E-state index in [1.54, 1.807) is 18.2 Å². The van der Waals surface area contributed by atoms with Crippen molar-refractivity contribution in [2.75, 3.05) is 0 Å². The summed E-state index contributed by atoms with van der Waals surface area (Å²) in [5.74, 6) is 5.58. The van der Waals surface area contributed by atoms with Crippen LogP contribution in [-0.2, 0) is 0 Å². The molecule has 1 aromatic heterocycles. The van der Waals surface area contributed by atoms with Crippen LogP contribution in [0.5, 0.6) is 0 Å². The highest BCUT2D eigenvalue weighted by atomic mass is 16.2. The summed E-state index contributed by atoms with van der Waals surface area (Å²) in [6, 6.07) is 15.0. The van der Waals surface area contributed by atoms with Gasteiger partial charge in [0.15, 0.2) is 0 Å². The number of amides is 1. The highest BCUT2D eigenvalue weighted by Gasteiger charge is 2.08. The number of hydrazine groups is 1. The molecule has 0 unspecified atom stereocenters. The van der Waals surface area contributed by atoms with Crippen molar-refractivity contribution in [3.63, 3.8) is 0 Å². The molecule has 0 bridgehead atoms. The fraction of sp³-hybridized carbons (Fsp3) is 0. The SMILES string of the molecule is NNC(=O)c1ccc2nc(-c3ccccc3)[nH]c2c1. The standard InChI is InChI=1S/C14H12N4O/c15-18-14(19)10-6-7-11-12(8-10)17-13(16-11)9-4-2-1-3-5-9/h1-8H,15H2,(H,16,17)(H,18,19). The van der Waals surface area contributed by atoms with Gasteiger partial charge in [-0.25, -0.2) is 10.8 Å². The minimum Gasteiger partial charge on any atom is -0.338 e. The summed E-state index contributed by atoms with van der Waals surface area (Å²) in [6.07, 6.45) is 0. The maximum absolute atomic E-state index is 11.5. The summed E-state index contributed by atoms with van der Waals surface area (Å²) in [7, 11) is 0. The summed E-state index contributed by atoms with van der Waals surface area (Å²) in [5, 5.41) is 0. The largest absolute Gasteiger partial charge is 0.338 e. The van der Waals surface area contributed by atoms with Crippen molar-refractivity contribution in [2.24, 2.45) is 5.84 Å². The molecule has 4 N–H and O–H groups in total. The van der Waals surface area contributed by atoms with Crippen LogP contribution in [0.15, 0.2) is 48.5 Å². The summed E-state index contributed by atoms with van der Waals surface area (Å²) in [6.45, 7) is 0. The monoisotopic (exact) mass is 252 g/mol. The van der Waals surface area contributed by atoms with Gasteiger partial charge in [-0.1, -0.05) is 30.3 Å². The van der Waals surface area contributed by atoms with Gasteiger partial charge < -0.3 is 4.98 Å². The molecule has 0 fully saturated rings. The first kappa shape index (κ1) is 11.4. The molecule has 0 saturated carbocycles. The lowest BCUT2D eigenvalue weighted by Gasteiger charge is -1.98. The lowest BCUT2D eigenvalue weighted by atomic mass is 10.2. The second kappa shape index (κ2) is 4.55. The van der Waals surface area contributed by atoms with Crippen LogP contribution in [-0.4, -0.2) is 15.9 Å². The average Bonchev–Trinajstić information content (AvgIpc) is 2.90. The number of hydrogen-bond acceptors (Lipinski definition) is 3.